The first-order valence-corrected chi connectivity index (χ1v) is 7.17. The van der Waals surface area contributed by atoms with Gasteiger partial charge >= 0.3 is 0 Å². The predicted octanol–water partition coefficient (Wildman–Crippen LogP) is 3.90. The molecule has 0 radical (unpaired) electrons. The molecule has 0 spiro atoms. The Morgan fingerprint density at radius 2 is 1.81 bits per heavy atom. The average Bonchev–Trinajstić information content (AvgIpc) is 2.97. The van der Waals surface area contributed by atoms with Crippen LogP contribution in [0.1, 0.15) is 0 Å². The molecule has 1 aromatic heterocycles. The third-order valence-electron chi connectivity index (χ3n) is 3.10. The summed E-state index contributed by atoms with van der Waals surface area (Å²) in [5, 5.41) is 22.0. The van der Waals surface area contributed by atoms with E-state index in [0.717, 1.165) is 16.3 Å². The van der Waals surface area contributed by atoms with Gasteiger partial charge in [0.25, 0.3) is 0 Å². The molecule has 0 atom stereocenters. The number of benzene rings is 2. The fourth-order valence-corrected chi connectivity index (χ4v) is 2.83. The minimum Gasteiger partial charge on any atom is -0.508 e. The molecule has 0 fully saturated rings. The number of phenolic OH excluding ortho intramolecular Hbond substituents is 2. The molecule has 2 N–H and O–H groups in total. The second-order valence-corrected chi connectivity index (χ2v) is 5.33. The minimum absolute atomic E-state index is 0.0154. The maximum absolute atomic E-state index is 9.88. The first kappa shape index (κ1) is 13.5. The second-order valence-electron chi connectivity index (χ2n) is 4.47. The molecule has 0 aliphatic heterocycles. The van der Waals surface area contributed by atoms with Crippen LogP contribution >= 0.6 is 11.3 Å². The van der Waals surface area contributed by atoms with Gasteiger partial charge in [0.05, 0.1) is 12.8 Å². The van der Waals surface area contributed by atoms with Crippen LogP contribution in [0, 0.1) is 0 Å². The van der Waals surface area contributed by atoms with Gasteiger partial charge in [-0.1, -0.05) is 0 Å². The van der Waals surface area contributed by atoms with Crippen molar-refractivity contribution in [3.63, 3.8) is 0 Å². The number of aromatic hydroxyl groups is 2. The van der Waals surface area contributed by atoms with Gasteiger partial charge in [-0.2, -0.15) is 0 Å². The van der Waals surface area contributed by atoms with Gasteiger partial charge in [-0.25, -0.2) is 4.98 Å². The van der Waals surface area contributed by atoms with Crippen LogP contribution in [0.15, 0.2) is 47.8 Å². The molecule has 21 heavy (non-hydrogen) atoms. The molecule has 0 aliphatic rings. The number of thiazole rings is 1. The van der Waals surface area contributed by atoms with Crippen molar-refractivity contribution in [3.05, 3.63) is 47.8 Å². The summed E-state index contributed by atoms with van der Waals surface area (Å²) in [6, 6.07) is 12.1. The molecule has 2 aromatic carbocycles. The Balaban J connectivity index is 1.95. The van der Waals surface area contributed by atoms with E-state index in [1.54, 1.807) is 13.2 Å². The summed E-state index contributed by atoms with van der Waals surface area (Å²) in [7, 11) is 1.63. The summed E-state index contributed by atoms with van der Waals surface area (Å²) >= 11 is 1.50. The van der Waals surface area contributed by atoms with Crippen LogP contribution in [-0.4, -0.2) is 22.3 Å². The largest absolute Gasteiger partial charge is 0.508 e. The van der Waals surface area contributed by atoms with Crippen molar-refractivity contribution < 1.29 is 14.9 Å². The Kier molecular flexibility index (Phi) is 3.50. The van der Waals surface area contributed by atoms with Crippen LogP contribution in [0.4, 0.5) is 0 Å². The van der Waals surface area contributed by atoms with Crippen molar-refractivity contribution in [1.29, 1.82) is 0 Å². The fraction of sp³-hybridized carbons (Fsp3) is 0.0625. The second kappa shape index (κ2) is 5.46. The molecular weight excluding hydrogens is 286 g/mol. The fourth-order valence-electron chi connectivity index (χ4n) is 2.00. The van der Waals surface area contributed by atoms with Crippen molar-refractivity contribution in [3.8, 4) is 39.1 Å². The third kappa shape index (κ3) is 2.68. The van der Waals surface area contributed by atoms with Crippen molar-refractivity contribution >= 4 is 11.3 Å². The van der Waals surface area contributed by atoms with Gasteiger partial charge in [0, 0.05) is 22.6 Å². The molecule has 0 saturated carbocycles. The van der Waals surface area contributed by atoms with E-state index in [0.29, 0.717) is 11.3 Å². The highest BCUT2D eigenvalue weighted by molar-refractivity contribution is 7.13. The number of ether oxygens (including phenoxy) is 1. The van der Waals surface area contributed by atoms with Crippen molar-refractivity contribution in [1.82, 2.24) is 4.98 Å². The van der Waals surface area contributed by atoms with Gasteiger partial charge < -0.3 is 14.9 Å². The normalized spacial score (nSPS) is 10.5. The number of methoxy groups -OCH3 is 1. The first-order chi connectivity index (χ1) is 10.2. The Labute approximate surface area is 125 Å². The van der Waals surface area contributed by atoms with E-state index in [2.05, 4.69) is 4.98 Å². The van der Waals surface area contributed by atoms with E-state index in [1.165, 1.54) is 23.5 Å². The lowest BCUT2D eigenvalue weighted by Crippen LogP contribution is -1.83. The Morgan fingerprint density at radius 1 is 1.05 bits per heavy atom. The molecule has 0 unspecified atom stereocenters. The van der Waals surface area contributed by atoms with E-state index >= 15 is 0 Å². The Hall–Kier alpha value is -2.53. The van der Waals surface area contributed by atoms with E-state index in [9.17, 15) is 10.2 Å². The smallest absolute Gasteiger partial charge is 0.128 e. The number of hydrogen-bond donors (Lipinski definition) is 2. The topological polar surface area (TPSA) is 62.6 Å². The van der Waals surface area contributed by atoms with Crippen LogP contribution in [-0.2, 0) is 0 Å². The van der Waals surface area contributed by atoms with Gasteiger partial charge in [0.2, 0.25) is 0 Å². The van der Waals surface area contributed by atoms with E-state index < -0.39 is 0 Å². The zero-order chi connectivity index (χ0) is 14.8. The van der Waals surface area contributed by atoms with Gasteiger partial charge in [0.15, 0.2) is 0 Å². The summed E-state index contributed by atoms with van der Waals surface area (Å²) in [5.41, 5.74) is 2.28. The lowest BCUT2D eigenvalue weighted by molar-refractivity contribution is 0.415. The van der Waals surface area contributed by atoms with Crippen LogP contribution in [0.25, 0.3) is 21.8 Å². The molecule has 0 bridgehead atoms. The maximum atomic E-state index is 9.88. The molecule has 1 heterocycles. The predicted molar refractivity (Wildman–Crippen MR) is 82.9 cm³/mol. The van der Waals surface area contributed by atoms with E-state index in [1.807, 2.05) is 29.6 Å². The van der Waals surface area contributed by atoms with Crippen LogP contribution in [0.3, 0.4) is 0 Å². The highest BCUT2D eigenvalue weighted by Gasteiger charge is 2.10. The van der Waals surface area contributed by atoms with Crippen LogP contribution in [0.5, 0.6) is 17.2 Å². The van der Waals surface area contributed by atoms with Crippen LogP contribution < -0.4 is 4.74 Å². The average molecular weight is 299 g/mol. The highest BCUT2D eigenvalue weighted by Crippen LogP contribution is 2.35. The quantitative estimate of drug-likeness (QED) is 0.770. The summed E-state index contributed by atoms with van der Waals surface area (Å²) in [5.74, 6) is 0.843. The third-order valence-corrected chi connectivity index (χ3v) is 3.99. The summed E-state index contributed by atoms with van der Waals surface area (Å²) < 4.78 is 5.13. The van der Waals surface area contributed by atoms with Crippen molar-refractivity contribution in [2.45, 2.75) is 0 Å². The molecular formula is C16H13NO3S. The molecule has 5 heteroatoms. The molecule has 3 rings (SSSR count). The number of rotatable bonds is 3. The van der Waals surface area contributed by atoms with Crippen LogP contribution in [0.2, 0.25) is 0 Å². The standard InChI is InChI=1S/C16H13NO3S/c1-20-12-5-2-10(3-6-12)16-17-14(9-21-16)13-7-4-11(18)8-15(13)19/h2-9,18-19H,1H3. The molecule has 0 aliphatic carbocycles. The number of hydrogen-bond acceptors (Lipinski definition) is 5. The van der Waals surface area contributed by atoms with Gasteiger partial charge in [-0.15, -0.1) is 11.3 Å². The zero-order valence-electron chi connectivity index (χ0n) is 11.3. The maximum Gasteiger partial charge on any atom is 0.128 e. The molecule has 3 aromatic rings. The SMILES string of the molecule is COc1ccc(-c2nc(-c3ccc(O)cc3O)cs2)cc1. The van der Waals surface area contributed by atoms with Gasteiger partial charge in [-0.05, 0) is 36.4 Å². The van der Waals surface area contributed by atoms with E-state index in [-0.39, 0.29) is 11.5 Å². The number of nitrogens with zero attached hydrogens (tertiary/aromatic N) is 1. The first-order valence-electron chi connectivity index (χ1n) is 6.29. The monoisotopic (exact) mass is 299 g/mol. The van der Waals surface area contributed by atoms with Crippen molar-refractivity contribution in [2.24, 2.45) is 0 Å². The zero-order valence-corrected chi connectivity index (χ0v) is 12.1. The number of phenols is 2. The van der Waals surface area contributed by atoms with E-state index in [4.69, 9.17) is 4.74 Å². The lowest BCUT2D eigenvalue weighted by atomic mass is 10.1. The van der Waals surface area contributed by atoms with Gasteiger partial charge in [0.1, 0.15) is 22.3 Å². The summed E-state index contributed by atoms with van der Waals surface area (Å²) in [6.45, 7) is 0. The molecule has 106 valence electrons. The van der Waals surface area contributed by atoms with Crippen molar-refractivity contribution in [2.75, 3.05) is 7.11 Å². The lowest BCUT2D eigenvalue weighted by Gasteiger charge is -2.02. The number of aromatic nitrogens is 1. The van der Waals surface area contributed by atoms with Gasteiger partial charge in [-0.3, -0.25) is 0 Å². The molecule has 0 amide bonds. The Bertz CT molecular complexity index is 765. The minimum atomic E-state index is 0.0154. The molecule has 0 saturated heterocycles. The summed E-state index contributed by atoms with van der Waals surface area (Å²) in [6.07, 6.45) is 0. The highest BCUT2D eigenvalue weighted by atomic mass is 32.1. The summed E-state index contributed by atoms with van der Waals surface area (Å²) in [4.78, 5) is 4.53. The Morgan fingerprint density at radius 3 is 2.48 bits per heavy atom. The molecule has 4 nitrogen and oxygen atoms in total.